The van der Waals surface area contributed by atoms with Crippen LogP contribution in [0.3, 0.4) is 0 Å². The predicted molar refractivity (Wildman–Crippen MR) is 85.9 cm³/mol. The summed E-state index contributed by atoms with van der Waals surface area (Å²) < 4.78 is 79.1. The molecule has 3 nitrogen and oxygen atoms in total. The Bertz CT molecular complexity index is 788. The normalized spacial score (nSPS) is 20.8. The molecule has 9 heteroatoms. The average molecular weight is 392 g/mol. The Balaban J connectivity index is 1.82. The highest BCUT2D eigenvalue weighted by atomic mass is 32.1. The summed E-state index contributed by atoms with van der Waals surface area (Å²) in [6.45, 7) is 0.700. The van der Waals surface area contributed by atoms with Gasteiger partial charge in [0.2, 0.25) is 0 Å². The molecule has 0 amide bonds. The number of ether oxygens (including phenoxy) is 3. The van der Waals surface area contributed by atoms with Crippen molar-refractivity contribution in [2.45, 2.75) is 17.9 Å². The molecule has 0 spiro atoms. The lowest BCUT2D eigenvalue weighted by atomic mass is 10.0. The SMILES string of the molecule is Fc1cc(-c2ccc(C3OCC(S)CO3)cc2F)ccc1OC(F)(F)F. The van der Waals surface area contributed by atoms with Gasteiger partial charge in [0.1, 0.15) is 5.82 Å². The van der Waals surface area contributed by atoms with Crippen molar-refractivity contribution in [1.29, 1.82) is 0 Å². The maximum Gasteiger partial charge on any atom is 0.573 e. The van der Waals surface area contributed by atoms with Gasteiger partial charge in [-0.1, -0.05) is 18.2 Å². The largest absolute Gasteiger partial charge is 0.573 e. The second kappa shape index (κ2) is 7.42. The van der Waals surface area contributed by atoms with Crippen LogP contribution in [0.25, 0.3) is 11.1 Å². The monoisotopic (exact) mass is 392 g/mol. The zero-order valence-electron chi connectivity index (χ0n) is 13.1. The van der Waals surface area contributed by atoms with Crippen LogP contribution in [0.2, 0.25) is 0 Å². The van der Waals surface area contributed by atoms with Crippen LogP contribution in [-0.2, 0) is 9.47 Å². The molecule has 0 aromatic heterocycles. The highest BCUT2D eigenvalue weighted by Gasteiger charge is 2.32. The Labute approximate surface area is 151 Å². The van der Waals surface area contributed by atoms with E-state index in [0.717, 1.165) is 18.2 Å². The van der Waals surface area contributed by atoms with E-state index in [-0.39, 0.29) is 16.4 Å². The second-order valence-electron chi connectivity index (χ2n) is 5.58. The minimum Gasteiger partial charge on any atom is -0.403 e. The number of alkyl halides is 3. The Morgan fingerprint density at radius 2 is 1.65 bits per heavy atom. The molecule has 1 fully saturated rings. The average Bonchev–Trinajstić information content (AvgIpc) is 2.56. The van der Waals surface area contributed by atoms with Gasteiger partial charge in [-0.05, 0) is 23.8 Å². The fraction of sp³-hybridized carbons (Fsp3) is 0.294. The van der Waals surface area contributed by atoms with Gasteiger partial charge in [-0.15, -0.1) is 13.2 Å². The van der Waals surface area contributed by atoms with Crippen LogP contribution >= 0.6 is 12.6 Å². The van der Waals surface area contributed by atoms with E-state index in [1.807, 2.05) is 0 Å². The topological polar surface area (TPSA) is 27.7 Å². The molecule has 0 unspecified atom stereocenters. The van der Waals surface area contributed by atoms with Gasteiger partial charge in [0.25, 0.3) is 0 Å². The maximum absolute atomic E-state index is 14.4. The van der Waals surface area contributed by atoms with Gasteiger partial charge in [-0.25, -0.2) is 8.78 Å². The molecule has 0 saturated carbocycles. The number of benzene rings is 2. The third-order valence-electron chi connectivity index (χ3n) is 3.61. The van der Waals surface area contributed by atoms with Gasteiger partial charge in [0, 0.05) is 16.4 Å². The molecular formula is C17H13F5O3S. The van der Waals surface area contributed by atoms with Crippen LogP contribution in [-0.4, -0.2) is 24.8 Å². The van der Waals surface area contributed by atoms with Gasteiger partial charge < -0.3 is 14.2 Å². The van der Waals surface area contributed by atoms with Crippen molar-refractivity contribution >= 4 is 12.6 Å². The van der Waals surface area contributed by atoms with Crippen LogP contribution in [0, 0.1) is 11.6 Å². The molecule has 1 heterocycles. The first kappa shape index (κ1) is 18.9. The highest BCUT2D eigenvalue weighted by molar-refractivity contribution is 7.81. The van der Waals surface area contributed by atoms with Crippen molar-refractivity contribution in [3.63, 3.8) is 0 Å². The summed E-state index contributed by atoms with van der Waals surface area (Å²) in [6.07, 6.45) is -5.75. The number of thiol groups is 1. The fourth-order valence-electron chi connectivity index (χ4n) is 2.47. The van der Waals surface area contributed by atoms with Crippen molar-refractivity contribution in [3.05, 3.63) is 53.6 Å². The molecule has 0 N–H and O–H groups in total. The van der Waals surface area contributed by atoms with Crippen LogP contribution in [0.1, 0.15) is 11.9 Å². The molecule has 26 heavy (non-hydrogen) atoms. The number of rotatable bonds is 3. The summed E-state index contributed by atoms with van der Waals surface area (Å²) in [5.74, 6) is -2.92. The van der Waals surface area contributed by atoms with Gasteiger partial charge >= 0.3 is 6.36 Å². The molecule has 1 aliphatic heterocycles. The molecule has 2 aromatic rings. The zero-order chi connectivity index (χ0) is 18.9. The third-order valence-corrected chi connectivity index (χ3v) is 3.91. The van der Waals surface area contributed by atoms with Crippen LogP contribution < -0.4 is 4.74 Å². The molecule has 2 aromatic carbocycles. The highest BCUT2D eigenvalue weighted by Crippen LogP contribution is 2.33. The summed E-state index contributed by atoms with van der Waals surface area (Å²) in [4.78, 5) is 0. The molecule has 0 aliphatic carbocycles. The lowest BCUT2D eigenvalue weighted by molar-refractivity contribution is -0.275. The van der Waals surface area contributed by atoms with Gasteiger partial charge in [0.15, 0.2) is 17.9 Å². The summed E-state index contributed by atoms with van der Waals surface area (Å²) >= 11 is 4.20. The summed E-state index contributed by atoms with van der Waals surface area (Å²) in [6, 6.07) is 6.81. The summed E-state index contributed by atoms with van der Waals surface area (Å²) in [5, 5.41) is -0.0595. The second-order valence-corrected chi connectivity index (χ2v) is 6.32. The van der Waals surface area contributed by atoms with E-state index >= 15 is 0 Å². The molecule has 140 valence electrons. The minimum atomic E-state index is -5.01. The van der Waals surface area contributed by atoms with E-state index < -0.39 is 30.0 Å². The predicted octanol–water partition coefficient (Wildman–Crippen LogP) is 4.87. The first-order valence-corrected chi connectivity index (χ1v) is 8.01. The first-order chi connectivity index (χ1) is 12.2. The molecule has 0 bridgehead atoms. The first-order valence-electron chi connectivity index (χ1n) is 7.49. The maximum atomic E-state index is 14.4. The van der Waals surface area contributed by atoms with Crippen LogP contribution in [0.5, 0.6) is 5.75 Å². The molecule has 0 radical (unpaired) electrons. The standard InChI is InChI=1S/C17H13F5O3S/c18-13-6-10(16-23-7-11(26)8-24-16)1-3-12(13)9-2-4-15(14(19)5-9)25-17(20,21)22/h1-6,11,16,26H,7-8H2. The fourth-order valence-corrected chi connectivity index (χ4v) is 2.65. The van der Waals surface area contributed by atoms with Crippen molar-refractivity contribution in [2.75, 3.05) is 13.2 Å². The van der Waals surface area contributed by atoms with Crippen LogP contribution in [0.4, 0.5) is 22.0 Å². The smallest absolute Gasteiger partial charge is 0.403 e. The minimum absolute atomic E-state index is 0.0223. The third kappa shape index (κ3) is 4.46. The van der Waals surface area contributed by atoms with E-state index in [2.05, 4.69) is 17.4 Å². The van der Waals surface area contributed by atoms with E-state index in [1.165, 1.54) is 12.1 Å². The Hall–Kier alpha value is -1.84. The van der Waals surface area contributed by atoms with Crippen molar-refractivity contribution in [2.24, 2.45) is 0 Å². The summed E-state index contributed by atoms with van der Waals surface area (Å²) in [5.41, 5.74) is 0.528. The molecule has 0 atom stereocenters. The van der Waals surface area contributed by atoms with Crippen molar-refractivity contribution in [3.8, 4) is 16.9 Å². The lowest BCUT2D eigenvalue weighted by Crippen LogP contribution is -2.27. The van der Waals surface area contributed by atoms with Crippen molar-refractivity contribution in [1.82, 2.24) is 0 Å². The zero-order valence-corrected chi connectivity index (χ0v) is 14.0. The summed E-state index contributed by atoms with van der Waals surface area (Å²) in [7, 11) is 0. The van der Waals surface area contributed by atoms with E-state index in [0.29, 0.717) is 18.8 Å². The van der Waals surface area contributed by atoms with E-state index in [4.69, 9.17) is 9.47 Å². The van der Waals surface area contributed by atoms with Gasteiger partial charge in [-0.2, -0.15) is 12.6 Å². The van der Waals surface area contributed by atoms with E-state index in [1.54, 1.807) is 6.07 Å². The van der Waals surface area contributed by atoms with Gasteiger partial charge in [-0.3, -0.25) is 0 Å². The lowest BCUT2D eigenvalue weighted by Gasteiger charge is -2.27. The number of hydrogen-bond donors (Lipinski definition) is 1. The Morgan fingerprint density at radius 1 is 0.962 bits per heavy atom. The van der Waals surface area contributed by atoms with E-state index in [9.17, 15) is 22.0 Å². The number of hydrogen-bond acceptors (Lipinski definition) is 4. The Morgan fingerprint density at radius 3 is 2.23 bits per heavy atom. The Kier molecular flexibility index (Phi) is 5.40. The quantitative estimate of drug-likeness (QED) is 0.596. The van der Waals surface area contributed by atoms with Gasteiger partial charge in [0.05, 0.1) is 13.2 Å². The molecule has 1 aliphatic rings. The van der Waals surface area contributed by atoms with Crippen molar-refractivity contribution < 1.29 is 36.2 Å². The number of halogens is 5. The molecule has 3 rings (SSSR count). The molecule has 1 saturated heterocycles. The van der Waals surface area contributed by atoms with Crippen LogP contribution in [0.15, 0.2) is 36.4 Å². The molecular weight excluding hydrogens is 379 g/mol.